The normalized spacial score (nSPS) is 11.2. The molecule has 114 valence electrons. The third-order valence-electron chi connectivity index (χ3n) is 2.73. The fourth-order valence-electron chi connectivity index (χ4n) is 2.06. The summed E-state index contributed by atoms with van der Waals surface area (Å²) in [5, 5.41) is 0.601. The topological polar surface area (TPSA) is 57.9 Å². The van der Waals surface area contributed by atoms with Crippen LogP contribution in [-0.4, -0.2) is 19.3 Å². The maximum absolute atomic E-state index is 12.1. The van der Waals surface area contributed by atoms with Crippen molar-refractivity contribution >= 4 is 11.0 Å². The molecule has 0 fully saturated rings. The van der Waals surface area contributed by atoms with Crippen LogP contribution in [0.1, 0.15) is 27.7 Å². The maximum Gasteiger partial charge on any atom is 0.383 e. The molecule has 0 aliphatic rings. The predicted molar refractivity (Wildman–Crippen MR) is 80.6 cm³/mol. The third kappa shape index (κ3) is 3.12. The van der Waals surface area contributed by atoms with Gasteiger partial charge in [-0.2, -0.15) is 0 Å². The van der Waals surface area contributed by atoms with E-state index in [9.17, 15) is 4.79 Å². The molecule has 21 heavy (non-hydrogen) atoms. The van der Waals surface area contributed by atoms with Crippen LogP contribution in [0.5, 0.6) is 17.2 Å². The van der Waals surface area contributed by atoms with Crippen LogP contribution in [0.2, 0.25) is 0 Å². The van der Waals surface area contributed by atoms with E-state index < -0.39 is 5.63 Å². The highest BCUT2D eigenvalue weighted by molar-refractivity contribution is 5.91. The lowest BCUT2D eigenvalue weighted by Gasteiger charge is -2.17. The molecule has 0 bridgehead atoms. The SMILES string of the molecule is COc1c(OC(C)C)c(=O)oc2cccc(OC(C)C)c12. The zero-order valence-corrected chi connectivity index (χ0v) is 12.9. The van der Waals surface area contributed by atoms with Crippen LogP contribution in [0, 0.1) is 0 Å². The zero-order chi connectivity index (χ0) is 15.6. The van der Waals surface area contributed by atoms with E-state index in [-0.39, 0.29) is 18.0 Å². The van der Waals surface area contributed by atoms with Gasteiger partial charge < -0.3 is 18.6 Å². The van der Waals surface area contributed by atoms with Crippen molar-refractivity contribution in [1.82, 2.24) is 0 Å². The fraction of sp³-hybridized carbons (Fsp3) is 0.438. The van der Waals surface area contributed by atoms with Gasteiger partial charge in [0.1, 0.15) is 16.7 Å². The Balaban J connectivity index is 2.76. The molecule has 0 atom stereocenters. The first kappa shape index (κ1) is 15.2. The molecule has 1 aromatic carbocycles. The zero-order valence-electron chi connectivity index (χ0n) is 12.9. The Morgan fingerprint density at radius 3 is 2.24 bits per heavy atom. The van der Waals surface area contributed by atoms with Gasteiger partial charge in [0.15, 0.2) is 5.75 Å². The second-order valence-electron chi connectivity index (χ2n) is 5.21. The molecule has 0 amide bonds. The Morgan fingerprint density at radius 2 is 1.67 bits per heavy atom. The second kappa shape index (κ2) is 6.08. The molecule has 0 unspecified atom stereocenters. The lowest BCUT2D eigenvalue weighted by atomic mass is 10.2. The Hall–Kier alpha value is -2.17. The maximum atomic E-state index is 12.1. The highest BCUT2D eigenvalue weighted by Gasteiger charge is 2.21. The van der Waals surface area contributed by atoms with Crippen LogP contribution in [0.4, 0.5) is 0 Å². The van der Waals surface area contributed by atoms with Crippen molar-refractivity contribution in [2.24, 2.45) is 0 Å². The van der Waals surface area contributed by atoms with Crippen molar-refractivity contribution in [3.8, 4) is 17.2 Å². The lowest BCUT2D eigenvalue weighted by molar-refractivity contribution is 0.218. The van der Waals surface area contributed by atoms with Gasteiger partial charge in [0.25, 0.3) is 0 Å². The second-order valence-corrected chi connectivity index (χ2v) is 5.21. The van der Waals surface area contributed by atoms with Crippen LogP contribution >= 0.6 is 0 Å². The van der Waals surface area contributed by atoms with E-state index in [2.05, 4.69) is 0 Å². The molecule has 5 heteroatoms. The number of benzene rings is 1. The molecule has 0 radical (unpaired) electrons. The summed E-state index contributed by atoms with van der Waals surface area (Å²) in [4.78, 5) is 12.1. The van der Waals surface area contributed by atoms with Crippen molar-refractivity contribution in [3.63, 3.8) is 0 Å². The van der Waals surface area contributed by atoms with E-state index in [1.54, 1.807) is 12.1 Å². The van der Waals surface area contributed by atoms with Gasteiger partial charge in [-0.1, -0.05) is 6.07 Å². The first-order valence-corrected chi connectivity index (χ1v) is 6.91. The number of methoxy groups -OCH3 is 1. The van der Waals surface area contributed by atoms with Crippen LogP contribution in [0.25, 0.3) is 11.0 Å². The fourth-order valence-corrected chi connectivity index (χ4v) is 2.06. The first-order chi connectivity index (χ1) is 9.93. The van der Waals surface area contributed by atoms with Crippen molar-refractivity contribution in [3.05, 3.63) is 28.6 Å². The number of hydrogen-bond donors (Lipinski definition) is 0. The summed E-state index contributed by atoms with van der Waals surface area (Å²) >= 11 is 0. The van der Waals surface area contributed by atoms with Crippen LogP contribution < -0.4 is 19.8 Å². The molecule has 0 N–H and O–H groups in total. The Labute approximate surface area is 123 Å². The minimum Gasteiger partial charge on any atom is -0.492 e. The summed E-state index contributed by atoms with van der Waals surface area (Å²) in [6, 6.07) is 5.28. The average molecular weight is 292 g/mol. The molecule has 0 aliphatic carbocycles. The molecule has 2 aromatic rings. The van der Waals surface area contributed by atoms with Crippen LogP contribution in [0.15, 0.2) is 27.4 Å². The Kier molecular flexibility index (Phi) is 4.40. The molecule has 5 nitrogen and oxygen atoms in total. The molecule has 0 saturated heterocycles. The van der Waals surface area contributed by atoms with Crippen LogP contribution in [0.3, 0.4) is 0 Å². The number of fused-ring (bicyclic) bond motifs is 1. The van der Waals surface area contributed by atoms with Crippen molar-refractivity contribution in [2.45, 2.75) is 39.9 Å². The van der Waals surface area contributed by atoms with Gasteiger partial charge in [0.05, 0.1) is 19.3 Å². The number of ether oxygens (including phenoxy) is 3. The minimum atomic E-state index is -0.560. The van der Waals surface area contributed by atoms with Gasteiger partial charge in [0.2, 0.25) is 5.75 Å². The number of hydrogen-bond acceptors (Lipinski definition) is 5. The van der Waals surface area contributed by atoms with Crippen molar-refractivity contribution in [1.29, 1.82) is 0 Å². The third-order valence-corrected chi connectivity index (χ3v) is 2.73. The summed E-state index contributed by atoms with van der Waals surface area (Å²) in [6.45, 7) is 7.52. The molecule has 2 rings (SSSR count). The largest absolute Gasteiger partial charge is 0.492 e. The van der Waals surface area contributed by atoms with Crippen LogP contribution in [-0.2, 0) is 0 Å². The quantitative estimate of drug-likeness (QED) is 0.791. The van der Waals surface area contributed by atoms with E-state index >= 15 is 0 Å². The summed E-state index contributed by atoms with van der Waals surface area (Å²) in [7, 11) is 1.49. The lowest BCUT2D eigenvalue weighted by Crippen LogP contribution is -2.15. The molecular formula is C16H20O5. The summed E-state index contributed by atoms with van der Waals surface area (Å²) in [5.74, 6) is 1.00. The summed E-state index contributed by atoms with van der Waals surface area (Å²) in [5.41, 5.74) is -0.152. The van der Waals surface area contributed by atoms with E-state index in [1.165, 1.54) is 7.11 Å². The molecular weight excluding hydrogens is 272 g/mol. The molecule has 0 spiro atoms. The summed E-state index contributed by atoms with van der Waals surface area (Å²) in [6.07, 6.45) is -0.181. The smallest absolute Gasteiger partial charge is 0.383 e. The van der Waals surface area contributed by atoms with Gasteiger partial charge in [0, 0.05) is 0 Å². The highest BCUT2D eigenvalue weighted by atomic mass is 16.5. The van der Waals surface area contributed by atoms with Gasteiger partial charge in [-0.05, 0) is 39.8 Å². The molecule has 0 saturated carbocycles. The van der Waals surface area contributed by atoms with E-state index in [1.807, 2.05) is 33.8 Å². The molecule has 1 heterocycles. The van der Waals surface area contributed by atoms with Gasteiger partial charge in [-0.25, -0.2) is 4.79 Å². The molecule has 0 aliphatic heterocycles. The van der Waals surface area contributed by atoms with Gasteiger partial charge >= 0.3 is 5.63 Å². The highest BCUT2D eigenvalue weighted by Crippen LogP contribution is 2.39. The monoisotopic (exact) mass is 292 g/mol. The number of rotatable bonds is 5. The molecule has 1 aromatic heterocycles. The Bertz CT molecular complexity index is 685. The van der Waals surface area contributed by atoms with Crippen molar-refractivity contribution in [2.75, 3.05) is 7.11 Å². The predicted octanol–water partition coefficient (Wildman–Crippen LogP) is 3.38. The Morgan fingerprint density at radius 1 is 1.00 bits per heavy atom. The van der Waals surface area contributed by atoms with Gasteiger partial charge in [-0.15, -0.1) is 0 Å². The summed E-state index contributed by atoms with van der Waals surface area (Å²) < 4.78 is 22.0. The average Bonchev–Trinajstić information content (AvgIpc) is 2.39. The van der Waals surface area contributed by atoms with E-state index in [4.69, 9.17) is 18.6 Å². The van der Waals surface area contributed by atoms with Crippen molar-refractivity contribution < 1.29 is 18.6 Å². The van der Waals surface area contributed by atoms with E-state index in [0.29, 0.717) is 22.5 Å². The standard InChI is InChI=1S/C16H20O5/c1-9(2)19-11-7-6-8-12-13(11)14(18-5)15(16(17)21-12)20-10(3)4/h6-10H,1-5H3. The minimum absolute atomic E-state index is 0.0123. The first-order valence-electron chi connectivity index (χ1n) is 6.91. The van der Waals surface area contributed by atoms with Gasteiger partial charge in [-0.3, -0.25) is 0 Å². The van der Waals surface area contributed by atoms with E-state index in [0.717, 1.165) is 0 Å².